The van der Waals surface area contributed by atoms with Gasteiger partial charge in [-0.2, -0.15) is 0 Å². The van der Waals surface area contributed by atoms with Crippen LogP contribution in [0.1, 0.15) is 10.4 Å². The van der Waals surface area contributed by atoms with E-state index in [1.165, 1.54) is 12.0 Å². The molecule has 0 spiro atoms. The van der Waals surface area contributed by atoms with Crippen molar-refractivity contribution in [2.75, 3.05) is 36.0 Å². The average Bonchev–Trinajstić information content (AvgIpc) is 2.55. The molecule has 0 bridgehead atoms. The highest BCUT2D eigenvalue weighted by molar-refractivity contribution is 5.82. The van der Waals surface area contributed by atoms with E-state index in [0.29, 0.717) is 12.1 Å². The van der Waals surface area contributed by atoms with Crippen molar-refractivity contribution in [3.05, 3.63) is 52.6 Å². The summed E-state index contributed by atoms with van der Waals surface area (Å²) in [5.74, 6) is 0.474. The maximum absolute atomic E-state index is 11.6. The minimum Gasteiger partial charge on any atom is -0.368 e. The molecule has 1 N–H and O–H groups in total. The number of carbonyl (C=O) groups is 1. The van der Waals surface area contributed by atoms with Crippen molar-refractivity contribution in [3.63, 3.8) is 0 Å². The van der Waals surface area contributed by atoms with Crippen LogP contribution < -0.4 is 15.4 Å². The summed E-state index contributed by atoms with van der Waals surface area (Å²) in [6, 6.07) is 10.2. The Kier molecular flexibility index (Phi) is 3.68. The zero-order chi connectivity index (χ0) is 14.7. The minimum absolute atomic E-state index is 0.102. The second-order valence-corrected chi connectivity index (χ2v) is 4.90. The third kappa shape index (κ3) is 2.65. The third-order valence-electron chi connectivity index (χ3n) is 3.69. The normalized spacial score (nSPS) is 15.0. The first kappa shape index (κ1) is 13.4. The molecule has 0 atom stereocenters. The lowest BCUT2D eigenvalue weighted by molar-refractivity contribution is 0.112. The molecule has 1 aromatic heterocycles. The van der Waals surface area contributed by atoms with E-state index < -0.39 is 0 Å². The number of para-hydroxylation sites is 1. The summed E-state index contributed by atoms with van der Waals surface area (Å²) in [4.78, 5) is 33.6. The summed E-state index contributed by atoms with van der Waals surface area (Å²) in [7, 11) is 0. The van der Waals surface area contributed by atoms with Gasteiger partial charge in [0.05, 0.1) is 6.33 Å². The molecule has 0 unspecified atom stereocenters. The zero-order valence-corrected chi connectivity index (χ0v) is 11.5. The molecule has 108 valence electrons. The second-order valence-electron chi connectivity index (χ2n) is 4.90. The number of aromatic nitrogens is 2. The van der Waals surface area contributed by atoms with Gasteiger partial charge in [-0.05, 0) is 12.1 Å². The average molecular weight is 284 g/mol. The molecule has 0 radical (unpaired) electrons. The van der Waals surface area contributed by atoms with Crippen LogP contribution in [0.15, 0.2) is 41.5 Å². The summed E-state index contributed by atoms with van der Waals surface area (Å²) < 4.78 is 0. The van der Waals surface area contributed by atoms with Crippen molar-refractivity contribution < 1.29 is 4.79 Å². The second kappa shape index (κ2) is 5.78. The Labute approximate surface area is 122 Å². The number of carbonyl (C=O) groups excluding carboxylic acids is 1. The van der Waals surface area contributed by atoms with Crippen LogP contribution >= 0.6 is 0 Å². The van der Waals surface area contributed by atoms with Crippen molar-refractivity contribution in [3.8, 4) is 0 Å². The summed E-state index contributed by atoms with van der Waals surface area (Å²) >= 11 is 0. The Hall–Kier alpha value is -2.63. The van der Waals surface area contributed by atoms with Gasteiger partial charge in [-0.3, -0.25) is 9.59 Å². The number of nitrogens with one attached hydrogen (secondary N) is 1. The van der Waals surface area contributed by atoms with Crippen molar-refractivity contribution in [1.29, 1.82) is 0 Å². The van der Waals surface area contributed by atoms with Gasteiger partial charge in [-0.25, -0.2) is 4.98 Å². The van der Waals surface area contributed by atoms with Gasteiger partial charge in [0.1, 0.15) is 11.4 Å². The monoisotopic (exact) mass is 284 g/mol. The van der Waals surface area contributed by atoms with E-state index >= 15 is 0 Å². The molecule has 1 saturated heterocycles. The number of H-pyrrole nitrogens is 1. The van der Waals surface area contributed by atoms with Gasteiger partial charge >= 0.3 is 0 Å². The highest BCUT2D eigenvalue weighted by Gasteiger charge is 2.21. The van der Waals surface area contributed by atoms with E-state index in [-0.39, 0.29) is 11.1 Å². The SMILES string of the molecule is O=Cc1c(N2CCN(c3ccccc3)CC2)nc[nH]c1=O. The van der Waals surface area contributed by atoms with Gasteiger partial charge in [0.15, 0.2) is 6.29 Å². The zero-order valence-electron chi connectivity index (χ0n) is 11.5. The van der Waals surface area contributed by atoms with Gasteiger partial charge in [0.2, 0.25) is 0 Å². The van der Waals surface area contributed by atoms with Gasteiger partial charge < -0.3 is 14.8 Å². The van der Waals surface area contributed by atoms with E-state index in [0.717, 1.165) is 26.2 Å². The van der Waals surface area contributed by atoms with Crippen LogP contribution in [0, 0.1) is 0 Å². The largest absolute Gasteiger partial charge is 0.368 e. The number of aromatic amines is 1. The van der Waals surface area contributed by atoms with E-state index in [1.807, 2.05) is 23.1 Å². The lowest BCUT2D eigenvalue weighted by Gasteiger charge is -2.36. The summed E-state index contributed by atoms with van der Waals surface area (Å²) in [5.41, 5.74) is 0.901. The Balaban J connectivity index is 1.76. The molecule has 2 aromatic rings. The predicted molar refractivity (Wildman–Crippen MR) is 81.1 cm³/mol. The van der Waals surface area contributed by atoms with Crippen molar-refractivity contribution in [2.24, 2.45) is 0 Å². The van der Waals surface area contributed by atoms with E-state index in [2.05, 4.69) is 27.0 Å². The fraction of sp³-hybridized carbons (Fsp3) is 0.267. The molecular formula is C15H16N4O2. The molecule has 2 heterocycles. The number of aldehydes is 1. The summed E-state index contributed by atoms with van der Waals surface area (Å²) in [5, 5.41) is 0. The first-order valence-electron chi connectivity index (χ1n) is 6.87. The molecule has 6 nitrogen and oxygen atoms in total. The van der Waals surface area contributed by atoms with Gasteiger partial charge in [0, 0.05) is 31.9 Å². The van der Waals surface area contributed by atoms with Crippen molar-refractivity contribution >= 4 is 17.8 Å². The molecule has 3 rings (SSSR count). The Morgan fingerprint density at radius 2 is 1.71 bits per heavy atom. The maximum atomic E-state index is 11.6. The first-order valence-corrected chi connectivity index (χ1v) is 6.87. The summed E-state index contributed by atoms with van der Waals surface area (Å²) in [6.07, 6.45) is 1.92. The number of anilines is 2. The number of piperazine rings is 1. The predicted octanol–water partition coefficient (Wildman–Crippen LogP) is 0.909. The van der Waals surface area contributed by atoms with Gasteiger partial charge in [-0.15, -0.1) is 0 Å². The number of benzene rings is 1. The fourth-order valence-corrected chi connectivity index (χ4v) is 2.57. The molecule has 0 aliphatic carbocycles. The molecule has 1 aliphatic heterocycles. The topological polar surface area (TPSA) is 69.3 Å². The Morgan fingerprint density at radius 1 is 1.05 bits per heavy atom. The summed E-state index contributed by atoms with van der Waals surface area (Å²) in [6.45, 7) is 3.12. The molecule has 0 saturated carbocycles. The fourth-order valence-electron chi connectivity index (χ4n) is 2.57. The van der Waals surface area contributed by atoms with Crippen LogP contribution in [-0.2, 0) is 0 Å². The number of rotatable bonds is 3. The standard InChI is InChI=1S/C15H16N4O2/c20-10-13-14(16-11-17-15(13)21)19-8-6-18(7-9-19)12-4-2-1-3-5-12/h1-5,10-11H,6-9H2,(H,16,17,21). The van der Waals surface area contributed by atoms with E-state index in [9.17, 15) is 9.59 Å². The maximum Gasteiger partial charge on any atom is 0.263 e. The van der Waals surface area contributed by atoms with E-state index in [4.69, 9.17) is 0 Å². The number of hydrogen-bond acceptors (Lipinski definition) is 5. The molecule has 0 amide bonds. The highest BCUT2D eigenvalue weighted by atomic mass is 16.1. The molecule has 21 heavy (non-hydrogen) atoms. The van der Waals surface area contributed by atoms with Crippen LogP contribution in [0.2, 0.25) is 0 Å². The quantitative estimate of drug-likeness (QED) is 0.848. The van der Waals surface area contributed by atoms with E-state index in [1.54, 1.807) is 0 Å². The molecule has 1 fully saturated rings. The smallest absolute Gasteiger partial charge is 0.263 e. The number of hydrogen-bond donors (Lipinski definition) is 1. The van der Waals surface area contributed by atoms with Crippen LogP contribution in [0.5, 0.6) is 0 Å². The third-order valence-corrected chi connectivity index (χ3v) is 3.69. The van der Waals surface area contributed by atoms with Gasteiger partial charge in [0.25, 0.3) is 5.56 Å². The lowest BCUT2D eigenvalue weighted by atomic mass is 10.2. The van der Waals surface area contributed by atoms with Crippen molar-refractivity contribution in [1.82, 2.24) is 9.97 Å². The van der Waals surface area contributed by atoms with Gasteiger partial charge in [-0.1, -0.05) is 18.2 Å². The Bertz CT molecular complexity index is 676. The Morgan fingerprint density at radius 3 is 2.38 bits per heavy atom. The molecule has 6 heteroatoms. The van der Waals surface area contributed by atoms with Crippen molar-refractivity contribution in [2.45, 2.75) is 0 Å². The number of nitrogens with zero attached hydrogens (tertiary/aromatic N) is 3. The first-order chi connectivity index (χ1) is 10.3. The molecule has 1 aliphatic rings. The van der Waals surface area contributed by atoms with Crippen LogP contribution in [0.3, 0.4) is 0 Å². The lowest BCUT2D eigenvalue weighted by Crippen LogP contribution is -2.47. The minimum atomic E-state index is -0.388. The van der Waals surface area contributed by atoms with Crippen LogP contribution in [-0.4, -0.2) is 42.4 Å². The van der Waals surface area contributed by atoms with Crippen LogP contribution in [0.25, 0.3) is 0 Å². The highest BCUT2D eigenvalue weighted by Crippen LogP contribution is 2.19. The molecular weight excluding hydrogens is 268 g/mol. The van der Waals surface area contributed by atoms with Crippen LogP contribution in [0.4, 0.5) is 11.5 Å². The molecule has 1 aromatic carbocycles.